The number of nitrogen functional groups attached to an aromatic ring is 2. The van der Waals surface area contributed by atoms with Crippen molar-refractivity contribution in [2.75, 3.05) is 18.6 Å². The molecule has 108 valence electrons. The van der Waals surface area contributed by atoms with Crippen molar-refractivity contribution in [3.8, 4) is 5.75 Å². The number of anilines is 2. The number of hydrogen-bond donors (Lipinski definition) is 3. The number of methoxy groups -OCH3 is 1. The number of rotatable bonds is 2. The molecule has 0 aliphatic rings. The van der Waals surface area contributed by atoms with Gasteiger partial charge in [-0.3, -0.25) is 0 Å². The Labute approximate surface area is 117 Å². The number of hydrogen-bond acceptors (Lipinski definition) is 4. The molecule has 0 aliphatic carbocycles. The van der Waals surface area contributed by atoms with Gasteiger partial charge < -0.3 is 21.3 Å². The van der Waals surface area contributed by atoms with Gasteiger partial charge in [-0.05, 0) is 36.2 Å². The highest BCUT2D eigenvalue weighted by Gasteiger charge is 1.99. The molecule has 0 heterocycles. The molecule has 0 bridgehead atoms. The van der Waals surface area contributed by atoms with Gasteiger partial charge in [-0.15, -0.1) is 0 Å². The van der Waals surface area contributed by atoms with E-state index in [2.05, 4.69) is 4.74 Å². The molecule has 4 nitrogen and oxygen atoms in total. The minimum atomic E-state index is -0.428. The molecular weight excluding hydrogens is 259 g/mol. The van der Waals surface area contributed by atoms with E-state index in [1.165, 1.54) is 19.2 Å². The van der Waals surface area contributed by atoms with Crippen LogP contribution in [0.4, 0.5) is 15.8 Å². The lowest BCUT2D eigenvalue weighted by atomic mass is 10.1. The quantitative estimate of drug-likeness (QED) is 0.737. The van der Waals surface area contributed by atoms with E-state index in [-0.39, 0.29) is 12.4 Å². The predicted octanol–water partition coefficient (Wildman–Crippen LogP) is 2.49. The maximum atomic E-state index is 12.6. The minimum Gasteiger partial charge on any atom is -0.494 e. The molecule has 0 saturated carbocycles. The van der Waals surface area contributed by atoms with Crippen molar-refractivity contribution < 1.29 is 14.2 Å². The third-order valence-corrected chi connectivity index (χ3v) is 2.70. The van der Waals surface area contributed by atoms with Crippen molar-refractivity contribution in [3.63, 3.8) is 0 Å². The summed E-state index contributed by atoms with van der Waals surface area (Å²) in [6.07, 6.45) is 0. The molecule has 0 atom stereocenters. The van der Waals surface area contributed by atoms with Gasteiger partial charge in [0.2, 0.25) is 0 Å². The highest BCUT2D eigenvalue weighted by atomic mass is 19.1. The topological polar surface area (TPSA) is 81.5 Å². The normalized spacial score (nSPS) is 9.60. The molecule has 0 spiro atoms. The standard InChI is InChI=1S/C8H11NO.C7H8FNO/c1-6-2-3-7(5-10)4-8(6)9;1-10-7-3-2-5(9)4-6(7)8/h2-4,10H,5,9H2,1H3;2-4H,9H2,1H3. The maximum Gasteiger partial charge on any atom is 0.167 e. The lowest BCUT2D eigenvalue weighted by molar-refractivity contribution is 0.282. The second-order valence-corrected chi connectivity index (χ2v) is 4.24. The molecule has 5 heteroatoms. The molecule has 2 aromatic carbocycles. The van der Waals surface area contributed by atoms with Gasteiger partial charge in [-0.2, -0.15) is 0 Å². The Hall–Kier alpha value is -2.27. The van der Waals surface area contributed by atoms with Gasteiger partial charge in [-0.1, -0.05) is 12.1 Å². The fourth-order valence-corrected chi connectivity index (χ4v) is 1.47. The number of aliphatic hydroxyl groups excluding tert-OH is 1. The van der Waals surface area contributed by atoms with Crippen LogP contribution >= 0.6 is 0 Å². The van der Waals surface area contributed by atoms with Crippen LogP contribution in [-0.2, 0) is 6.61 Å². The van der Waals surface area contributed by atoms with Crippen molar-refractivity contribution in [1.29, 1.82) is 0 Å². The Balaban J connectivity index is 0.000000200. The summed E-state index contributed by atoms with van der Waals surface area (Å²) in [4.78, 5) is 0. The first-order chi connectivity index (χ1) is 9.47. The monoisotopic (exact) mass is 278 g/mol. The molecule has 20 heavy (non-hydrogen) atoms. The lowest BCUT2D eigenvalue weighted by Crippen LogP contribution is -1.91. The van der Waals surface area contributed by atoms with Crippen molar-refractivity contribution in [2.24, 2.45) is 0 Å². The number of aliphatic hydroxyl groups is 1. The van der Waals surface area contributed by atoms with E-state index in [1.807, 2.05) is 19.1 Å². The second-order valence-electron chi connectivity index (χ2n) is 4.24. The van der Waals surface area contributed by atoms with Crippen molar-refractivity contribution in [1.82, 2.24) is 0 Å². The highest BCUT2D eigenvalue weighted by Crippen LogP contribution is 2.18. The van der Waals surface area contributed by atoms with Crippen LogP contribution in [0.25, 0.3) is 0 Å². The zero-order valence-electron chi connectivity index (χ0n) is 11.6. The molecule has 2 aromatic rings. The molecule has 5 N–H and O–H groups in total. The second kappa shape index (κ2) is 7.35. The van der Waals surface area contributed by atoms with E-state index in [0.29, 0.717) is 5.69 Å². The third kappa shape index (κ3) is 4.44. The molecular formula is C15H19FN2O2. The number of halogens is 1. The summed E-state index contributed by atoms with van der Waals surface area (Å²) in [5.74, 6) is -0.211. The van der Waals surface area contributed by atoms with Crippen LogP contribution in [0.1, 0.15) is 11.1 Å². The highest BCUT2D eigenvalue weighted by molar-refractivity contribution is 5.48. The first kappa shape index (κ1) is 15.8. The third-order valence-electron chi connectivity index (χ3n) is 2.70. The molecule has 2 rings (SSSR count). The van der Waals surface area contributed by atoms with Crippen LogP contribution < -0.4 is 16.2 Å². The van der Waals surface area contributed by atoms with Gasteiger partial charge in [-0.25, -0.2) is 4.39 Å². The number of benzene rings is 2. The van der Waals surface area contributed by atoms with E-state index in [1.54, 1.807) is 12.1 Å². The smallest absolute Gasteiger partial charge is 0.167 e. The van der Waals surface area contributed by atoms with Crippen LogP contribution in [0.5, 0.6) is 5.75 Å². The Kier molecular flexibility index (Phi) is 5.80. The van der Waals surface area contributed by atoms with E-state index in [9.17, 15) is 4.39 Å². The fraction of sp³-hybridized carbons (Fsp3) is 0.200. The van der Waals surface area contributed by atoms with E-state index < -0.39 is 5.82 Å². The van der Waals surface area contributed by atoms with Crippen molar-refractivity contribution in [2.45, 2.75) is 13.5 Å². The lowest BCUT2D eigenvalue weighted by Gasteiger charge is -2.00. The van der Waals surface area contributed by atoms with Gasteiger partial charge in [0.15, 0.2) is 11.6 Å². The average molecular weight is 278 g/mol. The van der Waals surface area contributed by atoms with Crippen molar-refractivity contribution >= 4 is 11.4 Å². The minimum absolute atomic E-state index is 0.0600. The first-order valence-electron chi connectivity index (χ1n) is 6.02. The van der Waals surface area contributed by atoms with Crippen LogP contribution in [0.15, 0.2) is 36.4 Å². The molecule has 0 fully saturated rings. The summed E-state index contributed by atoms with van der Waals surface area (Å²) in [6.45, 7) is 2.00. The summed E-state index contributed by atoms with van der Waals surface area (Å²) in [5.41, 5.74) is 13.9. The Morgan fingerprint density at radius 2 is 1.85 bits per heavy atom. The SMILES string of the molecule is COc1ccc(N)cc1F.Cc1ccc(CO)cc1N. The molecule has 0 amide bonds. The van der Waals surface area contributed by atoms with Gasteiger partial charge in [0.05, 0.1) is 13.7 Å². The zero-order chi connectivity index (χ0) is 15.1. The number of aryl methyl sites for hydroxylation is 1. The van der Waals surface area contributed by atoms with Gasteiger partial charge in [0.1, 0.15) is 0 Å². The van der Waals surface area contributed by atoms with Crippen LogP contribution in [0, 0.1) is 12.7 Å². The summed E-state index contributed by atoms with van der Waals surface area (Å²) >= 11 is 0. The molecule has 0 radical (unpaired) electrons. The van der Waals surface area contributed by atoms with Gasteiger partial charge >= 0.3 is 0 Å². The Bertz CT molecular complexity index is 574. The van der Waals surface area contributed by atoms with E-state index in [0.717, 1.165) is 16.8 Å². The molecule has 0 unspecified atom stereocenters. The number of nitrogens with two attached hydrogens (primary N) is 2. The summed E-state index contributed by atoms with van der Waals surface area (Å²) < 4.78 is 17.3. The average Bonchev–Trinajstić information content (AvgIpc) is 2.43. The largest absolute Gasteiger partial charge is 0.494 e. The predicted molar refractivity (Wildman–Crippen MR) is 78.9 cm³/mol. The summed E-state index contributed by atoms with van der Waals surface area (Å²) in [7, 11) is 1.41. The van der Waals surface area contributed by atoms with Crippen molar-refractivity contribution in [3.05, 3.63) is 53.3 Å². The molecule has 0 saturated heterocycles. The summed E-state index contributed by atoms with van der Waals surface area (Å²) in [6, 6.07) is 9.85. The van der Waals surface area contributed by atoms with Crippen LogP contribution in [-0.4, -0.2) is 12.2 Å². The molecule has 0 aliphatic heterocycles. The van der Waals surface area contributed by atoms with Crippen LogP contribution in [0.2, 0.25) is 0 Å². The Morgan fingerprint density at radius 1 is 1.15 bits per heavy atom. The van der Waals surface area contributed by atoms with E-state index >= 15 is 0 Å². The van der Waals surface area contributed by atoms with Gasteiger partial charge in [0, 0.05) is 17.4 Å². The fourth-order valence-electron chi connectivity index (χ4n) is 1.47. The Morgan fingerprint density at radius 3 is 2.35 bits per heavy atom. The number of ether oxygens (including phenoxy) is 1. The zero-order valence-corrected chi connectivity index (χ0v) is 11.6. The summed E-state index contributed by atoms with van der Waals surface area (Å²) in [5, 5.41) is 8.70. The maximum absolute atomic E-state index is 12.6. The molecule has 0 aromatic heterocycles. The van der Waals surface area contributed by atoms with Crippen LogP contribution in [0.3, 0.4) is 0 Å². The first-order valence-corrected chi connectivity index (χ1v) is 6.02. The van der Waals surface area contributed by atoms with Gasteiger partial charge in [0.25, 0.3) is 0 Å². The van der Waals surface area contributed by atoms with E-state index in [4.69, 9.17) is 16.6 Å².